The summed E-state index contributed by atoms with van der Waals surface area (Å²) in [6, 6.07) is 16.7. The van der Waals surface area contributed by atoms with E-state index in [2.05, 4.69) is 42.2 Å². The van der Waals surface area contributed by atoms with Crippen LogP contribution >= 0.6 is 0 Å². The Bertz CT molecular complexity index is 642. The van der Waals surface area contributed by atoms with E-state index in [1.54, 1.807) is 12.5 Å². The highest BCUT2D eigenvalue weighted by molar-refractivity contribution is 5.69. The minimum absolute atomic E-state index is 0.673. The number of hydrogen-bond donors (Lipinski definition) is 0. The summed E-state index contributed by atoms with van der Waals surface area (Å²) in [4.78, 5) is 4.18. The monoisotopic (exact) mass is 235 g/mol. The quantitative estimate of drug-likeness (QED) is 0.661. The molecule has 88 valence electrons. The van der Waals surface area contributed by atoms with Crippen LogP contribution in [0.2, 0.25) is 0 Å². The van der Waals surface area contributed by atoms with Gasteiger partial charge in [0.1, 0.15) is 6.26 Å². The smallest absolute Gasteiger partial charge is 0.226 e. The highest BCUT2D eigenvalue weighted by Crippen LogP contribution is 2.27. The molecule has 0 atom stereocenters. The van der Waals surface area contributed by atoms with Crippen molar-refractivity contribution in [3.8, 4) is 22.6 Å². The molecule has 0 aliphatic rings. The van der Waals surface area contributed by atoms with Crippen molar-refractivity contribution in [3.05, 3.63) is 66.6 Å². The molecule has 2 heteroatoms. The molecular weight excluding hydrogens is 222 g/mol. The van der Waals surface area contributed by atoms with Crippen LogP contribution in [0.15, 0.2) is 65.4 Å². The van der Waals surface area contributed by atoms with E-state index in [9.17, 15) is 0 Å². The molecule has 0 unspecified atom stereocenters. The first kappa shape index (κ1) is 10.8. The van der Waals surface area contributed by atoms with Crippen molar-refractivity contribution in [1.82, 2.24) is 4.98 Å². The first-order valence-corrected chi connectivity index (χ1v) is 5.90. The highest BCUT2D eigenvalue weighted by atomic mass is 16.3. The molecule has 3 aromatic rings. The Balaban J connectivity index is 2.05. The van der Waals surface area contributed by atoms with Crippen molar-refractivity contribution in [1.29, 1.82) is 0 Å². The van der Waals surface area contributed by atoms with E-state index < -0.39 is 0 Å². The van der Waals surface area contributed by atoms with E-state index in [1.165, 1.54) is 16.7 Å². The molecule has 0 spiro atoms. The molecular formula is C16H13NO. The van der Waals surface area contributed by atoms with Gasteiger partial charge in [-0.05, 0) is 29.7 Å². The molecule has 0 N–H and O–H groups in total. The topological polar surface area (TPSA) is 26.0 Å². The summed E-state index contributed by atoms with van der Waals surface area (Å²) in [5.74, 6) is 0.673. The molecule has 0 saturated heterocycles. The lowest BCUT2D eigenvalue weighted by Gasteiger charge is -2.06. The van der Waals surface area contributed by atoms with E-state index in [0.29, 0.717) is 5.89 Å². The van der Waals surface area contributed by atoms with Gasteiger partial charge in [-0.25, -0.2) is 4.98 Å². The molecule has 0 aliphatic carbocycles. The van der Waals surface area contributed by atoms with Crippen LogP contribution in [0.4, 0.5) is 0 Å². The van der Waals surface area contributed by atoms with Crippen LogP contribution < -0.4 is 0 Å². The molecule has 0 radical (unpaired) electrons. The average molecular weight is 235 g/mol. The SMILES string of the molecule is Cc1cc(-c2ccccc2)ccc1-c1ncco1. The van der Waals surface area contributed by atoms with Gasteiger partial charge >= 0.3 is 0 Å². The van der Waals surface area contributed by atoms with E-state index in [0.717, 1.165) is 5.56 Å². The first-order valence-electron chi connectivity index (χ1n) is 5.90. The number of oxazole rings is 1. The maximum absolute atomic E-state index is 5.33. The minimum Gasteiger partial charge on any atom is -0.445 e. The maximum Gasteiger partial charge on any atom is 0.226 e. The van der Waals surface area contributed by atoms with E-state index in [-0.39, 0.29) is 0 Å². The third-order valence-corrected chi connectivity index (χ3v) is 3.00. The maximum atomic E-state index is 5.33. The van der Waals surface area contributed by atoms with Crippen LogP contribution in [0.3, 0.4) is 0 Å². The fraction of sp³-hybridized carbons (Fsp3) is 0.0625. The van der Waals surface area contributed by atoms with Gasteiger partial charge in [0.15, 0.2) is 0 Å². The van der Waals surface area contributed by atoms with E-state index >= 15 is 0 Å². The van der Waals surface area contributed by atoms with Crippen LogP contribution in [0.25, 0.3) is 22.6 Å². The fourth-order valence-electron chi connectivity index (χ4n) is 2.07. The lowest BCUT2D eigenvalue weighted by molar-refractivity contribution is 0.574. The van der Waals surface area contributed by atoms with Gasteiger partial charge in [0.05, 0.1) is 6.20 Å². The van der Waals surface area contributed by atoms with Gasteiger partial charge in [-0.3, -0.25) is 0 Å². The first-order chi connectivity index (χ1) is 8.84. The Morgan fingerprint density at radius 2 is 1.78 bits per heavy atom. The van der Waals surface area contributed by atoms with Gasteiger partial charge in [0.25, 0.3) is 0 Å². The third kappa shape index (κ3) is 1.93. The van der Waals surface area contributed by atoms with Crippen molar-refractivity contribution in [3.63, 3.8) is 0 Å². The molecule has 0 bridgehead atoms. The molecule has 0 aliphatic heterocycles. The van der Waals surface area contributed by atoms with Gasteiger partial charge in [0.2, 0.25) is 5.89 Å². The molecule has 2 aromatic carbocycles. The van der Waals surface area contributed by atoms with Crippen LogP contribution in [0, 0.1) is 6.92 Å². The normalized spacial score (nSPS) is 10.5. The highest BCUT2D eigenvalue weighted by Gasteiger charge is 2.07. The number of aromatic nitrogens is 1. The zero-order chi connectivity index (χ0) is 12.4. The number of rotatable bonds is 2. The van der Waals surface area contributed by atoms with Gasteiger partial charge in [-0.1, -0.05) is 42.5 Å². The Labute approximate surface area is 106 Å². The second-order valence-electron chi connectivity index (χ2n) is 4.23. The molecule has 18 heavy (non-hydrogen) atoms. The van der Waals surface area contributed by atoms with Crippen molar-refractivity contribution in [2.24, 2.45) is 0 Å². The summed E-state index contributed by atoms with van der Waals surface area (Å²) in [5.41, 5.74) is 4.64. The predicted octanol–water partition coefficient (Wildman–Crippen LogP) is 4.32. The van der Waals surface area contributed by atoms with Crippen molar-refractivity contribution in [2.45, 2.75) is 6.92 Å². The third-order valence-electron chi connectivity index (χ3n) is 3.00. The van der Waals surface area contributed by atoms with Crippen LogP contribution in [0.1, 0.15) is 5.56 Å². The number of nitrogens with zero attached hydrogens (tertiary/aromatic N) is 1. The summed E-state index contributed by atoms with van der Waals surface area (Å²) >= 11 is 0. The van der Waals surface area contributed by atoms with Gasteiger partial charge in [-0.15, -0.1) is 0 Å². The standard InChI is InChI=1S/C16H13NO/c1-12-11-14(13-5-3-2-4-6-13)7-8-15(12)16-17-9-10-18-16/h2-11H,1H3. The molecule has 3 rings (SSSR count). The number of hydrogen-bond acceptors (Lipinski definition) is 2. The lowest BCUT2D eigenvalue weighted by Crippen LogP contribution is -1.85. The zero-order valence-corrected chi connectivity index (χ0v) is 10.1. The van der Waals surface area contributed by atoms with Crippen molar-refractivity contribution >= 4 is 0 Å². The number of benzene rings is 2. The van der Waals surface area contributed by atoms with E-state index in [4.69, 9.17) is 4.42 Å². The summed E-state index contributed by atoms with van der Waals surface area (Å²) < 4.78 is 5.33. The molecule has 0 saturated carbocycles. The molecule has 0 amide bonds. The summed E-state index contributed by atoms with van der Waals surface area (Å²) in [6.07, 6.45) is 3.26. The Morgan fingerprint density at radius 3 is 2.44 bits per heavy atom. The van der Waals surface area contributed by atoms with Crippen LogP contribution in [-0.4, -0.2) is 4.98 Å². The fourth-order valence-corrected chi connectivity index (χ4v) is 2.07. The van der Waals surface area contributed by atoms with Crippen LogP contribution in [-0.2, 0) is 0 Å². The molecule has 2 nitrogen and oxygen atoms in total. The summed E-state index contributed by atoms with van der Waals surface area (Å²) in [5, 5.41) is 0. The second kappa shape index (κ2) is 4.49. The summed E-state index contributed by atoms with van der Waals surface area (Å²) in [6.45, 7) is 2.08. The van der Waals surface area contributed by atoms with Crippen molar-refractivity contribution < 1.29 is 4.42 Å². The molecule has 1 aromatic heterocycles. The van der Waals surface area contributed by atoms with Gasteiger partial charge in [0, 0.05) is 5.56 Å². The predicted molar refractivity (Wildman–Crippen MR) is 72.1 cm³/mol. The lowest BCUT2D eigenvalue weighted by atomic mass is 10.00. The van der Waals surface area contributed by atoms with Crippen molar-refractivity contribution in [2.75, 3.05) is 0 Å². The zero-order valence-electron chi connectivity index (χ0n) is 10.1. The van der Waals surface area contributed by atoms with Crippen LogP contribution in [0.5, 0.6) is 0 Å². The second-order valence-corrected chi connectivity index (χ2v) is 4.23. The summed E-state index contributed by atoms with van der Waals surface area (Å²) in [7, 11) is 0. The molecule has 0 fully saturated rings. The van der Waals surface area contributed by atoms with Gasteiger partial charge in [-0.2, -0.15) is 0 Å². The Kier molecular flexibility index (Phi) is 2.69. The Morgan fingerprint density at radius 1 is 0.944 bits per heavy atom. The number of aryl methyl sites for hydroxylation is 1. The average Bonchev–Trinajstić information content (AvgIpc) is 2.93. The largest absolute Gasteiger partial charge is 0.445 e. The molecule has 1 heterocycles. The Hall–Kier alpha value is -2.35. The van der Waals surface area contributed by atoms with E-state index in [1.807, 2.05) is 18.2 Å². The minimum atomic E-state index is 0.673. The van der Waals surface area contributed by atoms with Gasteiger partial charge < -0.3 is 4.42 Å².